The molecule has 0 aliphatic carbocycles. The Morgan fingerprint density at radius 2 is 2.15 bits per heavy atom. The summed E-state index contributed by atoms with van der Waals surface area (Å²) in [5, 5.41) is 5.60. The molecule has 0 radical (unpaired) electrons. The number of hydrogen-bond acceptors (Lipinski definition) is 3. The zero-order chi connectivity index (χ0) is 14.5. The van der Waals surface area contributed by atoms with E-state index in [1.165, 1.54) is 18.3 Å². The summed E-state index contributed by atoms with van der Waals surface area (Å²) >= 11 is 3.17. The molecule has 2 N–H and O–H groups in total. The van der Waals surface area contributed by atoms with Crippen molar-refractivity contribution in [3.8, 4) is 0 Å². The van der Waals surface area contributed by atoms with E-state index in [0.717, 1.165) is 0 Å². The van der Waals surface area contributed by atoms with Gasteiger partial charge in [0.1, 0.15) is 5.82 Å². The van der Waals surface area contributed by atoms with Gasteiger partial charge in [0, 0.05) is 23.4 Å². The standard InChI is InChI=1S/C14H13BrFN3O/c1-2-18-12-5-6-17-8-10(12)14(20)19-13-4-3-9(15)7-11(13)16/h3-8H,2H2,1H3,(H,17,18)(H,19,20). The maximum Gasteiger partial charge on any atom is 0.259 e. The molecule has 0 bridgehead atoms. The number of halogens is 2. The summed E-state index contributed by atoms with van der Waals surface area (Å²) in [5.74, 6) is -0.906. The van der Waals surface area contributed by atoms with Gasteiger partial charge in [-0.1, -0.05) is 15.9 Å². The largest absolute Gasteiger partial charge is 0.385 e. The van der Waals surface area contributed by atoms with E-state index < -0.39 is 11.7 Å². The summed E-state index contributed by atoms with van der Waals surface area (Å²) in [7, 11) is 0. The smallest absolute Gasteiger partial charge is 0.259 e. The van der Waals surface area contributed by atoms with Gasteiger partial charge in [-0.05, 0) is 31.2 Å². The minimum atomic E-state index is -0.499. The van der Waals surface area contributed by atoms with Crippen LogP contribution in [-0.4, -0.2) is 17.4 Å². The van der Waals surface area contributed by atoms with E-state index in [9.17, 15) is 9.18 Å². The van der Waals surface area contributed by atoms with Crippen molar-refractivity contribution in [2.24, 2.45) is 0 Å². The molecule has 6 heteroatoms. The molecule has 104 valence electrons. The average molecular weight is 338 g/mol. The molecule has 0 aliphatic heterocycles. The van der Waals surface area contributed by atoms with Crippen LogP contribution >= 0.6 is 15.9 Å². The van der Waals surface area contributed by atoms with Crippen molar-refractivity contribution in [3.05, 3.63) is 52.5 Å². The lowest BCUT2D eigenvalue weighted by Gasteiger charge is -2.11. The SMILES string of the molecule is CCNc1ccncc1C(=O)Nc1ccc(Br)cc1F. The molecule has 4 nitrogen and oxygen atoms in total. The zero-order valence-corrected chi connectivity index (χ0v) is 12.4. The molecule has 0 aliphatic rings. The van der Waals surface area contributed by atoms with Crippen LogP contribution in [0.1, 0.15) is 17.3 Å². The van der Waals surface area contributed by atoms with Crippen molar-refractivity contribution >= 4 is 33.2 Å². The third-order valence-electron chi connectivity index (χ3n) is 2.61. The molecule has 20 heavy (non-hydrogen) atoms. The highest BCUT2D eigenvalue weighted by Crippen LogP contribution is 2.21. The molecular formula is C14H13BrFN3O. The Bertz CT molecular complexity index is 634. The number of pyridine rings is 1. The minimum absolute atomic E-state index is 0.129. The van der Waals surface area contributed by atoms with E-state index in [2.05, 4.69) is 31.5 Å². The average Bonchev–Trinajstić information content (AvgIpc) is 2.43. The van der Waals surface area contributed by atoms with Crippen molar-refractivity contribution in [1.82, 2.24) is 4.98 Å². The van der Waals surface area contributed by atoms with Crippen molar-refractivity contribution in [2.45, 2.75) is 6.92 Å². The fourth-order valence-corrected chi connectivity index (χ4v) is 2.03. The fraction of sp³-hybridized carbons (Fsp3) is 0.143. The van der Waals surface area contributed by atoms with Crippen LogP contribution in [0.5, 0.6) is 0 Å². The Morgan fingerprint density at radius 1 is 1.35 bits per heavy atom. The van der Waals surface area contributed by atoms with Gasteiger partial charge < -0.3 is 10.6 Å². The molecule has 1 amide bonds. The Balaban J connectivity index is 2.24. The van der Waals surface area contributed by atoms with Crippen molar-refractivity contribution in [1.29, 1.82) is 0 Å². The van der Waals surface area contributed by atoms with Gasteiger partial charge in [0.15, 0.2) is 0 Å². The second-order valence-corrected chi connectivity index (χ2v) is 4.95. The number of nitrogens with one attached hydrogen (secondary N) is 2. The predicted molar refractivity (Wildman–Crippen MR) is 80.5 cm³/mol. The summed E-state index contributed by atoms with van der Waals surface area (Å²) < 4.78 is 14.3. The topological polar surface area (TPSA) is 54.0 Å². The highest BCUT2D eigenvalue weighted by molar-refractivity contribution is 9.10. The monoisotopic (exact) mass is 337 g/mol. The van der Waals surface area contributed by atoms with E-state index in [4.69, 9.17) is 0 Å². The number of amides is 1. The first-order valence-electron chi connectivity index (χ1n) is 6.06. The van der Waals surface area contributed by atoms with Gasteiger partial charge in [0.25, 0.3) is 5.91 Å². The lowest BCUT2D eigenvalue weighted by Crippen LogP contribution is -2.16. The van der Waals surface area contributed by atoms with Crippen molar-refractivity contribution in [2.75, 3.05) is 17.2 Å². The van der Waals surface area contributed by atoms with Crippen LogP contribution in [0.15, 0.2) is 41.1 Å². The Morgan fingerprint density at radius 3 is 2.85 bits per heavy atom. The van der Waals surface area contributed by atoms with E-state index >= 15 is 0 Å². The Hall–Kier alpha value is -1.95. The molecule has 0 unspecified atom stereocenters. The molecule has 2 rings (SSSR count). The van der Waals surface area contributed by atoms with Crippen LogP contribution in [0.25, 0.3) is 0 Å². The van der Waals surface area contributed by atoms with Crippen LogP contribution in [0.2, 0.25) is 0 Å². The van der Waals surface area contributed by atoms with Crippen LogP contribution < -0.4 is 10.6 Å². The van der Waals surface area contributed by atoms with Gasteiger partial charge in [-0.15, -0.1) is 0 Å². The van der Waals surface area contributed by atoms with Gasteiger partial charge in [-0.2, -0.15) is 0 Å². The molecule has 1 aromatic heterocycles. The van der Waals surface area contributed by atoms with Gasteiger partial charge in [0.2, 0.25) is 0 Å². The van der Waals surface area contributed by atoms with Gasteiger partial charge >= 0.3 is 0 Å². The van der Waals surface area contributed by atoms with Crippen molar-refractivity contribution in [3.63, 3.8) is 0 Å². The van der Waals surface area contributed by atoms with E-state index in [1.54, 1.807) is 18.3 Å². The number of hydrogen-bond donors (Lipinski definition) is 2. The second kappa shape index (κ2) is 6.47. The molecular weight excluding hydrogens is 325 g/mol. The van der Waals surface area contributed by atoms with Gasteiger partial charge in [-0.25, -0.2) is 4.39 Å². The summed E-state index contributed by atoms with van der Waals surface area (Å²) in [6.07, 6.45) is 3.04. The summed E-state index contributed by atoms with van der Waals surface area (Å²) in [6, 6.07) is 6.16. The summed E-state index contributed by atoms with van der Waals surface area (Å²) in [5.41, 5.74) is 1.17. The molecule has 0 spiro atoms. The number of rotatable bonds is 4. The first-order valence-corrected chi connectivity index (χ1v) is 6.85. The molecule has 2 aromatic rings. The minimum Gasteiger partial charge on any atom is -0.385 e. The van der Waals surface area contributed by atoms with E-state index in [1.807, 2.05) is 6.92 Å². The molecule has 1 heterocycles. The van der Waals surface area contributed by atoms with Gasteiger partial charge in [0.05, 0.1) is 16.9 Å². The Kier molecular flexibility index (Phi) is 4.68. The molecule has 0 saturated heterocycles. The lowest BCUT2D eigenvalue weighted by molar-refractivity contribution is 0.102. The Labute approximate surface area is 124 Å². The summed E-state index contributed by atoms with van der Waals surface area (Å²) in [6.45, 7) is 2.60. The highest BCUT2D eigenvalue weighted by Gasteiger charge is 2.13. The number of benzene rings is 1. The molecule has 1 aromatic carbocycles. The van der Waals surface area contributed by atoms with Gasteiger partial charge in [-0.3, -0.25) is 9.78 Å². The third-order valence-corrected chi connectivity index (χ3v) is 3.11. The molecule has 0 saturated carbocycles. The maximum atomic E-state index is 13.7. The number of anilines is 2. The third kappa shape index (κ3) is 3.33. The zero-order valence-electron chi connectivity index (χ0n) is 10.8. The number of carbonyl (C=O) groups excluding carboxylic acids is 1. The van der Waals surface area contributed by atoms with E-state index in [0.29, 0.717) is 22.3 Å². The van der Waals surface area contributed by atoms with Crippen LogP contribution in [-0.2, 0) is 0 Å². The lowest BCUT2D eigenvalue weighted by atomic mass is 10.2. The summed E-state index contributed by atoms with van der Waals surface area (Å²) in [4.78, 5) is 16.1. The second-order valence-electron chi connectivity index (χ2n) is 4.03. The first kappa shape index (κ1) is 14.5. The molecule has 0 fully saturated rings. The quantitative estimate of drug-likeness (QED) is 0.894. The number of nitrogens with zero attached hydrogens (tertiary/aromatic N) is 1. The molecule has 0 atom stereocenters. The predicted octanol–water partition coefficient (Wildman–Crippen LogP) is 3.67. The highest BCUT2D eigenvalue weighted by atomic mass is 79.9. The van der Waals surface area contributed by atoms with Crippen LogP contribution in [0.4, 0.5) is 15.8 Å². The van der Waals surface area contributed by atoms with Crippen LogP contribution in [0.3, 0.4) is 0 Å². The first-order chi connectivity index (χ1) is 9.61. The van der Waals surface area contributed by atoms with Crippen LogP contribution in [0, 0.1) is 5.82 Å². The fourth-order valence-electron chi connectivity index (χ4n) is 1.70. The van der Waals surface area contributed by atoms with E-state index in [-0.39, 0.29) is 5.69 Å². The number of aromatic nitrogens is 1. The maximum absolute atomic E-state index is 13.7. The van der Waals surface area contributed by atoms with Crippen molar-refractivity contribution < 1.29 is 9.18 Å². The normalized spacial score (nSPS) is 10.2. The number of carbonyl (C=O) groups is 1.